The number of fused-ring (bicyclic) bond motifs is 1. The van der Waals surface area contributed by atoms with E-state index in [0.717, 1.165) is 22.7 Å². The van der Waals surface area contributed by atoms with Crippen LogP contribution < -0.4 is 4.74 Å². The first-order chi connectivity index (χ1) is 12.6. The van der Waals surface area contributed by atoms with E-state index in [1.54, 1.807) is 0 Å². The fourth-order valence-corrected chi connectivity index (χ4v) is 3.37. The SMILES string of the molecule is Cc1cc(C2CN(C(=O)C3=Cc4ccccc4OC3)CCO2)nc(C)n1. The molecular formula is C20H21N3O3. The van der Waals surface area contributed by atoms with Crippen LogP contribution in [0.4, 0.5) is 0 Å². The van der Waals surface area contributed by atoms with Crippen molar-refractivity contribution in [2.45, 2.75) is 20.0 Å². The number of aromatic nitrogens is 2. The number of carbonyl (C=O) groups is 1. The summed E-state index contributed by atoms with van der Waals surface area (Å²) in [4.78, 5) is 23.6. The number of rotatable bonds is 2. The van der Waals surface area contributed by atoms with Crippen LogP contribution in [-0.2, 0) is 9.53 Å². The number of benzene rings is 1. The Kier molecular flexibility index (Phi) is 4.42. The third-order valence-corrected chi connectivity index (χ3v) is 4.58. The van der Waals surface area contributed by atoms with Gasteiger partial charge in [0.25, 0.3) is 5.91 Å². The molecule has 2 aliphatic heterocycles. The molecule has 6 heteroatoms. The summed E-state index contributed by atoms with van der Waals surface area (Å²) in [6, 6.07) is 9.66. The van der Waals surface area contributed by atoms with Gasteiger partial charge in [-0.25, -0.2) is 9.97 Å². The number of nitrogens with zero attached hydrogens (tertiary/aromatic N) is 3. The minimum Gasteiger partial charge on any atom is -0.488 e. The van der Waals surface area contributed by atoms with Crippen LogP contribution in [0.3, 0.4) is 0 Å². The Labute approximate surface area is 152 Å². The number of ether oxygens (including phenoxy) is 2. The summed E-state index contributed by atoms with van der Waals surface area (Å²) < 4.78 is 11.6. The van der Waals surface area contributed by atoms with Gasteiger partial charge in [-0.2, -0.15) is 0 Å². The van der Waals surface area contributed by atoms with E-state index < -0.39 is 0 Å². The van der Waals surface area contributed by atoms with Gasteiger partial charge in [0.05, 0.1) is 24.4 Å². The van der Waals surface area contributed by atoms with Gasteiger partial charge >= 0.3 is 0 Å². The third-order valence-electron chi connectivity index (χ3n) is 4.58. The van der Waals surface area contributed by atoms with E-state index in [9.17, 15) is 4.79 Å². The first kappa shape index (κ1) is 16.7. The lowest BCUT2D eigenvalue weighted by atomic mass is 10.1. The Morgan fingerprint density at radius 2 is 2.08 bits per heavy atom. The highest BCUT2D eigenvalue weighted by atomic mass is 16.5. The van der Waals surface area contributed by atoms with E-state index in [4.69, 9.17) is 9.47 Å². The Balaban J connectivity index is 1.53. The number of para-hydroxylation sites is 1. The topological polar surface area (TPSA) is 64.6 Å². The molecule has 0 radical (unpaired) electrons. The van der Waals surface area contributed by atoms with Crippen molar-refractivity contribution in [2.75, 3.05) is 26.3 Å². The lowest BCUT2D eigenvalue weighted by molar-refractivity contribution is -0.135. The van der Waals surface area contributed by atoms with Crippen molar-refractivity contribution in [2.24, 2.45) is 0 Å². The molecule has 4 rings (SSSR count). The zero-order valence-corrected chi connectivity index (χ0v) is 14.9. The van der Waals surface area contributed by atoms with E-state index in [0.29, 0.717) is 37.7 Å². The van der Waals surface area contributed by atoms with Crippen molar-refractivity contribution in [3.05, 3.63) is 58.7 Å². The van der Waals surface area contributed by atoms with E-state index in [-0.39, 0.29) is 12.0 Å². The first-order valence-corrected chi connectivity index (χ1v) is 8.75. The standard InChI is InChI=1S/C20H21N3O3/c1-13-9-17(22-14(2)21-13)19-11-23(7-8-25-19)20(24)16-10-15-5-3-4-6-18(15)26-12-16/h3-6,9-10,19H,7-8,11-12H2,1-2H3. The smallest absolute Gasteiger partial charge is 0.253 e. The molecule has 134 valence electrons. The van der Waals surface area contributed by atoms with Crippen LogP contribution in [0.25, 0.3) is 6.08 Å². The van der Waals surface area contributed by atoms with Crippen molar-refractivity contribution in [1.29, 1.82) is 0 Å². The van der Waals surface area contributed by atoms with Gasteiger partial charge in [-0.15, -0.1) is 0 Å². The fourth-order valence-electron chi connectivity index (χ4n) is 3.37. The Morgan fingerprint density at radius 3 is 2.92 bits per heavy atom. The molecule has 0 spiro atoms. The predicted molar refractivity (Wildman–Crippen MR) is 96.7 cm³/mol. The third kappa shape index (κ3) is 3.32. The molecule has 1 saturated heterocycles. The van der Waals surface area contributed by atoms with Crippen LogP contribution in [-0.4, -0.2) is 47.1 Å². The summed E-state index contributed by atoms with van der Waals surface area (Å²) in [7, 11) is 0. The van der Waals surface area contributed by atoms with Gasteiger partial charge in [-0.05, 0) is 32.1 Å². The van der Waals surface area contributed by atoms with Gasteiger partial charge < -0.3 is 14.4 Å². The van der Waals surface area contributed by atoms with E-state index >= 15 is 0 Å². The summed E-state index contributed by atoms with van der Waals surface area (Å²) >= 11 is 0. The zero-order chi connectivity index (χ0) is 18.1. The van der Waals surface area contributed by atoms with Crippen molar-refractivity contribution < 1.29 is 14.3 Å². The van der Waals surface area contributed by atoms with Crippen LogP contribution >= 0.6 is 0 Å². The highest BCUT2D eigenvalue weighted by molar-refractivity contribution is 5.99. The summed E-state index contributed by atoms with van der Waals surface area (Å²) in [6.07, 6.45) is 1.69. The number of carbonyl (C=O) groups excluding carboxylic acids is 1. The average Bonchev–Trinajstić information content (AvgIpc) is 2.66. The molecule has 26 heavy (non-hydrogen) atoms. The number of hydrogen-bond acceptors (Lipinski definition) is 5. The average molecular weight is 351 g/mol. The van der Waals surface area contributed by atoms with Crippen molar-refractivity contribution in [1.82, 2.24) is 14.9 Å². The van der Waals surface area contributed by atoms with Gasteiger partial charge in [0.15, 0.2) is 0 Å². The molecular weight excluding hydrogens is 330 g/mol. The summed E-state index contributed by atoms with van der Waals surface area (Å²) in [6.45, 7) is 5.63. The van der Waals surface area contributed by atoms with Gasteiger partial charge in [-0.3, -0.25) is 4.79 Å². The minimum absolute atomic E-state index is 0.00435. The molecule has 2 aromatic rings. The maximum atomic E-state index is 13.0. The highest BCUT2D eigenvalue weighted by Crippen LogP contribution is 2.28. The molecule has 1 unspecified atom stereocenters. The lowest BCUT2D eigenvalue weighted by Crippen LogP contribution is -2.44. The fraction of sp³-hybridized carbons (Fsp3) is 0.350. The van der Waals surface area contributed by atoms with Crippen LogP contribution in [0.2, 0.25) is 0 Å². The Bertz CT molecular complexity index is 858. The molecule has 3 heterocycles. The monoisotopic (exact) mass is 351 g/mol. The number of amides is 1. The quantitative estimate of drug-likeness (QED) is 0.832. The Morgan fingerprint density at radius 1 is 1.23 bits per heavy atom. The number of morpholine rings is 1. The molecule has 0 aliphatic carbocycles. The second-order valence-corrected chi connectivity index (χ2v) is 6.59. The van der Waals surface area contributed by atoms with E-state index in [1.807, 2.05) is 55.2 Å². The van der Waals surface area contributed by atoms with Crippen LogP contribution in [0, 0.1) is 13.8 Å². The van der Waals surface area contributed by atoms with Crippen LogP contribution in [0.15, 0.2) is 35.9 Å². The first-order valence-electron chi connectivity index (χ1n) is 8.75. The second kappa shape index (κ2) is 6.88. The van der Waals surface area contributed by atoms with Crippen LogP contribution in [0.5, 0.6) is 5.75 Å². The molecule has 0 bridgehead atoms. The highest BCUT2D eigenvalue weighted by Gasteiger charge is 2.29. The number of aryl methyl sites for hydroxylation is 2. The van der Waals surface area contributed by atoms with Crippen LogP contribution in [0.1, 0.15) is 28.9 Å². The summed E-state index contributed by atoms with van der Waals surface area (Å²) in [5.74, 6) is 1.53. The summed E-state index contributed by atoms with van der Waals surface area (Å²) in [5.41, 5.74) is 3.33. The van der Waals surface area contributed by atoms with Crippen molar-refractivity contribution in [3.63, 3.8) is 0 Å². The normalized spacial score (nSPS) is 19.4. The maximum Gasteiger partial charge on any atom is 0.253 e. The molecule has 2 aliphatic rings. The van der Waals surface area contributed by atoms with Gasteiger partial charge in [0, 0.05) is 17.8 Å². The lowest BCUT2D eigenvalue weighted by Gasteiger charge is -2.33. The molecule has 0 N–H and O–H groups in total. The second-order valence-electron chi connectivity index (χ2n) is 6.59. The molecule has 6 nitrogen and oxygen atoms in total. The van der Waals surface area contributed by atoms with Gasteiger partial charge in [0.2, 0.25) is 0 Å². The van der Waals surface area contributed by atoms with Crippen molar-refractivity contribution in [3.8, 4) is 5.75 Å². The largest absolute Gasteiger partial charge is 0.488 e. The molecule has 1 aromatic heterocycles. The van der Waals surface area contributed by atoms with Gasteiger partial charge in [0.1, 0.15) is 24.3 Å². The Hall–Kier alpha value is -2.73. The minimum atomic E-state index is -0.231. The van der Waals surface area contributed by atoms with E-state index in [1.165, 1.54) is 0 Å². The molecule has 0 saturated carbocycles. The molecule has 1 amide bonds. The molecule has 1 aromatic carbocycles. The van der Waals surface area contributed by atoms with Crippen molar-refractivity contribution >= 4 is 12.0 Å². The number of hydrogen-bond donors (Lipinski definition) is 0. The summed E-state index contributed by atoms with van der Waals surface area (Å²) in [5, 5.41) is 0. The zero-order valence-electron chi connectivity index (χ0n) is 14.9. The molecule has 1 atom stereocenters. The van der Waals surface area contributed by atoms with Gasteiger partial charge in [-0.1, -0.05) is 18.2 Å². The predicted octanol–water partition coefficient (Wildman–Crippen LogP) is 2.47. The maximum absolute atomic E-state index is 13.0. The molecule has 1 fully saturated rings. The van der Waals surface area contributed by atoms with E-state index in [2.05, 4.69) is 9.97 Å².